The molecule has 0 bridgehead atoms. The molecule has 6 nitrogen and oxygen atoms in total. The van der Waals surface area contributed by atoms with Crippen LogP contribution in [-0.4, -0.2) is 26.8 Å². The minimum absolute atomic E-state index is 0.162. The number of anilines is 1. The summed E-state index contributed by atoms with van der Waals surface area (Å²) in [6.07, 6.45) is 0. The van der Waals surface area contributed by atoms with Crippen molar-refractivity contribution >= 4 is 60.3 Å². The third kappa shape index (κ3) is 4.37. The molecule has 4 rings (SSSR count). The number of aryl methyl sites for hydroxylation is 1. The Morgan fingerprint density at radius 1 is 1.22 bits per heavy atom. The number of fused-ring (bicyclic) bond motifs is 1. The summed E-state index contributed by atoms with van der Waals surface area (Å²) in [5.74, 6) is 0.428. The molecule has 0 unspecified atom stereocenters. The van der Waals surface area contributed by atoms with E-state index in [1.807, 2.05) is 49.4 Å². The topological polar surface area (TPSA) is 80.9 Å². The lowest BCUT2D eigenvalue weighted by Crippen LogP contribution is -2.13. The number of hydrogen-bond acceptors (Lipinski definition) is 7. The first-order valence-electron chi connectivity index (χ1n) is 7.96. The zero-order chi connectivity index (χ0) is 18.8. The molecule has 0 fully saturated rings. The van der Waals surface area contributed by atoms with Gasteiger partial charge in [-0.2, -0.15) is 0 Å². The van der Waals surface area contributed by atoms with E-state index >= 15 is 0 Å². The van der Waals surface area contributed by atoms with Crippen molar-refractivity contribution in [1.82, 2.24) is 15.2 Å². The van der Waals surface area contributed by atoms with Crippen molar-refractivity contribution in [1.29, 1.82) is 0 Å². The second-order valence-corrected chi connectivity index (χ2v) is 8.58. The number of benzene rings is 2. The Bertz CT molecular complexity index is 1110. The number of carbonyl (C=O) groups is 1. The van der Waals surface area contributed by atoms with Gasteiger partial charge in [-0.25, -0.2) is 4.98 Å². The van der Waals surface area contributed by atoms with Crippen LogP contribution in [0.4, 0.5) is 5.13 Å². The molecular formula is C18H13BrN4O2S2. The SMILES string of the molecule is Cc1ccc(-c2nnc(SCC(=O)Nc3nc4ccc(Br)cc4s3)o2)cc1. The highest BCUT2D eigenvalue weighted by atomic mass is 79.9. The number of nitrogens with one attached hydrogen (secondary N) is 1. The van der Waals surface area contributed by atoms with Crippen LogP contribution in [0.25, 0.3) is 21.7 Å². The van der Waals surface area contributed by atoms with Crippen LogP contribution >= 0.6 is 39.0 Å². The quantitative estimate of drug-likeness (QED) is 0.414. The number of nitrogens with zero attached hydrogens (tertiary/aromatic N) is 3. The van der Waals surface area contributed by atoms with Gasteiger partial charge in [0.1, 0.15) is 0 Å². The van der Waals surface area contributed by atoms with E-state index < -0.39 is 0 Å². The first kappa shape index (κ1) is 18.1. The van der Waals surface area contributed by atoms with E-state index in [9.17, 15) is 4.79 Å². The van der Waals surface area contributed by atoms with Crippen molar-refractivity contribution in [2.75, 3.05) is 11.1 Å². The third-order valence-corrected chi connectivity index (χ3v) is 5.87. The number of aromatic nitrogens is 3. The Labute approximate surface area is 171 Å². The summed E-state index contributed by atoms with van der Waals surface area (Å²) < 4.78 is 7.60. The molecule has 2 heterocycles. The maximum Gasteiger partial charge on any atom is 0.277 e. The summed E-state index contributed by atoms with van der Waals surface area (Å²) in [4.78, 5) is 16.6. The second kappa shape index (κ2) is 7.79. The largest absolute Gasteiger partial charge is 0.411 e. The predicted molar refractivity (Wildman–Crippen MR) is 111 cm³/mol. The number of thiazole rings is 1. The van der Waals surface area contributed by atoms with Crippen LogP contribution in [-0.2, 0) is 4.79 Å². The Hall–Kier alpha value is -2.23. The summed E-state index contributed by atoms with van der Waals surface area (Å²) in [7, 11) is 0. The molecule has 0 atom stereocenters. The van der Waals surface area contributed by atoms with Gasteiger partial charge in [-0.15, -0.1) is 10.2 Å². The summed E-state index contributed by atoms with van der Waals surface area (Å²) >= 11 is 6.05. The van der Waals surface area contributed by atoms with Crippen LogP contribution in [0.2, 0.25) is 0 Å². The van der Waals surface area contributed by atoms with Gasteiger partial charge in [0.25, 0.3) is 5.22 Å². The number of amides is 1. The highest BCUT2D eigenvalue weighted by Gasteiger charge is 2.13. The zero-order valence-electron chi connectivity index (χ0n) is 14.1. The molecule has 136 valence electrons. The van der Waals surface area contributed by atoms with E-state index in [0.29, 0.717) is 16.2 Å². The van der Waals surface area contributed by atoms with Crippen molar-refractivity contribution in [2.24, 2.45) is 0 Å². The average Bonchev–Trinajstić information content (AvgIpc) is 3.26. The average molecular weight is 461 g/mol. The van der Waals surface area contributed by atoms with Gasteiger partial charge in [0, 0.05) is 10.0 Å². The van der Waals surface area contributed by atoms with Gasteiger partial charge in [0.2, 0.25) is 11.8 Å². The fourth-order valence-electron chi connectivity index (χ4n) is 2.32. The Kier molecular flexibility index (Phi) is 5.24. The molecular weight excluding hydrogens is 448 g/mol. The first-order chi connectivity index (χ1) is 13.1. The van der Waals surface area contributed by atoms with Crippen molar-refractivity contribution in [3.8, 4) is 11.5 Å². The summed E-state index contributed by atoms with van der Waals surface area (Å²) in [6, 6.07) is 13.6. The molecule has 1 amide bonds. The van der Waals surface area contributed by atoms with E-state index in [4.69, 9.17) is 4.42 Å². The van der Waals surface area contributed by atoms with Crippen molar-refractivity contribution in [3.05, 3.63) is 52.5 Å². The van der Waals surface area contributed by atoms with Crippen LogP contribution in [0.15, 0.2) is 56.6 Å². The molecule has 2 aromatic carbocycles. The highest BCUT2D eigenvalue weighted by Crippen LogP contribution is 2.29. The Balaban J connectivity index is 1.36. The molecule has 0 aliphatic heterocycles. The molecule has 27 heavy (non-hydrogen) atoms. The second-order valence-electron chi connectivity index (χ2n) is 5.71. The lowest BCUT2D eigenvalue weighted by atomic mass is 10.1. The van der Waals surface area contributed by atoms with Gasteiger partial charge in [0.05, 0.1) is 16.0 Å². The fraction of sp³-hybridized carbons (Fsp3) is 0.111. The monoisotopic (exact) mass is 460 g/mol. The summed E-state index contributed by atoms with van der Waals surface area (Å²) in [5, 5.41) is 11.8. The minimum Gasteiger partial charge on any atom is -0.411 e. The lowest BCUT2D eigenvalue weighted by Gasteiger charge is -1.98. The zero-order valence-corrected chi connectivity index (χ0v) is 17.3. The van der Waals surface area contributed by atoms with Crippen LogP contribution in [0.5, 0.6) is 0 Å². The van der Waals surface area contributed by atoms with E-state index in [1.165, 1.54) is 23.1 Å². The van der Waals surface area contributed by atoms with Crippen molar-refractivity contribution in [2.45, 2.75) is 12.1 Å². The maximum atomic E-state index is 12.2. The third-order valence-electron chi connectivity index (χ3n) is 3.63. The number of carbonyl (C=O) groups excluding carboxylic acids is 1. The standard InChI is InChI=1S/C18H13BrN4O2S2/c1-10-2-4-11(5-3-10)16-22-23-18(25-16)26-9-15(24)21-17-20-13-7-6-12(19)8-14(13)27-17/h2-8H,9H2,1H3,(H,20,21,24). The van der Waals surface area contributed by atoms with Gasteiger partial charge in [-0.05, 0) is 37.3 Å². The smallest absolute Gasteiger partial charge is 0.277 e. The number of rotatable bonds is 5. The molecule has 0 saturated heterocycles. The van der Waals surface area contributed by atoms with Gasteiger partial charge < -0.3 is 9.73 Å². The van der Waals surface area contributed by atoms with E-state index in [-0.39, 0.29) is 11.7 Å². The van der Waals surface area contributed by atoms with Crippen LogP contribution in [0.1, 0.15) is 5.56 Å². The number of thioether (sulfide) groups is 1. The molecule has 0 saturated carbocycles. The van der Waals surface area contributed by atoms with Crippen LogP contribution in [0, 0.1) is 6.92 Å². The molecule has 1 N–H and O–H groups in total. The molecule has 4 aromatic rings. The minimum atomic E-state index is -0.173. The number of halogens is 1. The lowest BCUT2D eigenvalue weighted by molar-refractivity contribution is -0.113. The highest BCUT2D eigenvalue weighted by molar-refractivity contribution is 9.10. The fourth-order valence-corrected chi connectivity index (χ4v) is 4.31. The molecule has 9 heteroatoms. The van der Waals surface area contributed by atoms with Gasteiger partial charge in [-0.3, -0.25) is 4.79 Å². The van der Waals surface area contributed by atoms with Crippen LogP contribution in [0.3, 0.4) is 0 Å². The van der Waals surface area contributed by atoms with E-state index in [2.05, 4.69) is 36.4 Å². The predicted octanol–water partition coefficient (Wildman–Crippen LogP) is 5.15. The molecule has 0 aliphatic carbocycles. The maximum absolute atomic E-state index is 12.2. The number of hydrogen-bond donors (Lipinski definition) is 1. The van der Waals surface area contributed by atoms with Crippen LogP contribution < -0.4 is 5.32 Å². The summed E-state index contributed by atoms with van der Waals surface area (Å²) in [5.41, 5.74) is 2.86. The molecule has 0 spiro atoms. The van der Waals surface area contributed by atoms with Gasteiger partial charge >= 0.3 is 0 Å². The Morgan fingerprint density at radius 2 is 2.04 bits per heavy atom. The van der Waals surface area contributed by atoms with Gasteiger partial charge in [-0.1, -0.05) is 56.7 Å². The van der Waals surface area contributed by atoms with E-state index in [1.54, 1.807) is 0 Å². The first-order valence-corrected chi connectivity index (χ1v) is 10.6. The molecule has 2 aromatic heterocycles. The normalized spacial score (nSPS) is 11.0. The summed E-state index contributed by atoms with van der Waals surface area (Å²) in [6.45, 7) is 2.02. The molecule has 0 aliphatic rings. The van der Waals surface area contributed by atoms with Gasteiger partial charge in [0.15, 0.2) is 5.13 Å². The van der Waals surface area contributed by atoms with Crippen molar-refractivity contribution in [3.63, 3.8) is 0 Å². The molecule has 0 radical (unpaired) electrons. The van der Waals surface area contributed by atoms with Crippen molar-refractivity contribution < 1.29 is 9.21 Å². The Morgan fingerprint density at radius 3 is 2.85 bits per heavy atom. The van der Waals surface area contributed by atoms with E-state index in [0.717, 1.165) is 25.8 Å².